The van der Waals surface area contributed by atoms with E-state index in [-0.39, 0.29) is 54.6 Å². The van der Waals surface area contributed by atoms with Gasteiger partial charge in [-0.1, -0.05) is 18.2 Å². The van der Waals surface area contributed by atoms with Gasteiger partial charge in [-0.25, -0.2) is 8.78 Å². The predicted molar refractivity (Wildman–Crippen MR) is 211 cm³/mol. The van der Waals surface area contributed by atoms with Gasteiger partial charge < -0.3 is 19.8 Å². The van der Waals surface area contributed by atoms with E-state index in [4.69, 9.17) is 0 Å². The Bertz CT molecular complexity index is 1960. The fourth-order valence-corrected chi connectivity index (χ4v) is 10.8. The molecular weight excluding hydrogens is 713 g/mol. The van der Waals surface area contributed by atoms with Crippen molar-refractivity contribution in [2.75, 3.05) is 55.6 Å². The molecule has 2 aliphatic carbocycles. The van der Waals surface area contributed by atoms with Crippen LogP contribution in [-0.2, 0) is 22.6 Å². The molecule has 0 aromatic heterocycles. The van der Waals surface area contributed by atoms with Gasteiger partial charge in [0.1, 0.15) is 11.8 Å². The first-order valence-electron chi connectivity index (χ1n) is 20.9. The topological polar surface area (TPSA) is 96.4 Å². The van der Waals surface area contributed by atoms with Crippen molar-refractivity contribution in [3.8, 4) is 5.75 Å². The number of halogens is 2. The lowest BCUT2D eigenvalue weighted by Crippen LogP contribution is -2.52. The third-order valence-corrected chi connectivity index (χ3v) is 14.0. The average molecular weight is 766 g/mol. The van der Waals surface area contributed by atoms with Crippen LogP contribution in [0.15, 0.2) is 60.7 Å². The van der Waals surface area contributed by atoms with Crippen LogP contribution in [0.5, 0.6) is 5.75 Å². The summed E-state index contributed by atoms with van der Waals surface area (Å²) in [6.07, 6.45) is 5.91. The molecule has 0 spiro atoms. The first kappa shape index (κ1) is 37.1. The normalized spacial score (nSPS) is 26.3. The third-order valence-electron chi connectivity index (χ3n) is 14.0. The molecule has 3 aromatic carbocycles. The Morgan fingerprint density at radius 2 is 1.45 bits per heavy atom. The third kappa shape index (κ3) is 7.39. The Morgan fingerprint density at radius 1 is 0.732 bits per heavy atom. The van der Waals surface area contributed by atoms with Crippen molar-refractivity contribution in [2.45, 2.75) is 88.6 Å². The summed E-state index contributed by atoms with van der Waals surface area (Å²) in [5.74, 6) is -1.62. The molecule has 2 unspecified atom stereocenters. The Labute approximate surface area is 328 Å². The molecule has 1 saturated carbocycles. The molecule has 4 aliphatic heterocycles. The molecule has 11 heteroatoms. The molecule has 3 atom stereocenters. The van der Waals surface area contributed by atoms with Crippen LogP contribution >= 0.6 is 0 Å². The second kappa shape index (κ2) is 15.1. The van der Waals surface area contributed by atoms with Gasteiger partial charge in [0.15, 0.2) is 0 Å². The fourth-order valence-electron chi connectivity index (χ4n) is 10.8. The van der Waals surface area contributed by atoms with E-state index in [1.807, 2.05) is 18.2 Å². The number of nitrogens with one attached hydrogen (secondary N) is 1. The largest absolute Gasteiger partial charge is 0.508 e. The number of hydrogen-bond acceptors (Lipinski definition) is 7. The molecule has 6 aliphatic rings. The van der Waals surface area contributed by atoms with Gasteiger partial charge in [-0.05, 0) is 127 Å². The zero-order chi connectivity index (χ0) is 38.6. The zero-order valence-electron chi connectivity index (χ0n) is 32.1. The maximum absolute atomic E-state index is 14.1. The molecule has 296 valence electrons. The summed E-state index contributed by atoms with van der Waals surface area (Å²) in [6.45, 7) is 7.39. The monoisotopic (exact) mass is 765 g/mol. The number of benzene rings is 3. The van der Waals surface area contributed by atoms with E-state index in [2.05, 4.69) is 56.4 Å². The molecule has 3 aromatic rings. The lowest BCUT2D eigenvalue weighted by atomic mass is 9.64. The van der Waals surface area contributed by atoms with Crippen LogP contribution in [-0.4, -0.2) is 90.4 Å². The standard InChI is InChI=1S/C45H53F2N5O4/c46-45(47)17-13-30(14-18-45)37-8-3-32-26-36(53)7-10-38(32)42(37)31-1-4-34(5-2-31)50-19-15-29(16-20-50)27-49-21-23-51(24-22-49)35-6-9-39-33(25-35)28-52(44(39)56)40-11-12-41(54)48-43(40)55/h1-2,4-7,9-10,25-26,29-30,37,40,42,53H,3,8,11-24,27-28H2,(H,48,54,55)/t37-,40?,42?/m1/s1. The van der Waals surface area contributed by atoms with E-state index in [0.717, 1.165) is 82.7 Å². The van der Waals surface area contributed by atoms with Gasteiger partial charge in [-0.15, -0.1) is 0 Å². The maximum Gasteiger partial charge on any atom is 0.255 e. The van der Waals surface area contributed by atoms with Crippen molar-refractivity contribution in [1.82, 2.24) is 15.1 Å². The Hall–Kier alpha value is -4.51. The Kier molecular flexibility index (Phi) is 10.0. The number of fused-ring (bicyclic) bond motifs is 2. The molecular formula is C45H53F2N5O4. The van der Waals surface area contributed by atoms with Gasteiger partial charge in [-0.2, -0.15) is 0 Å². The van der Waals surface area contributed by atoms with Crippen LogP contribution in [0.2, 0.25) is 0 Å². The highest BCUT2D eigenvalue weighted by molar-refractivity contribution is 6.05. The highest BCUT2D eigenvalue weighted by Crippen LogP contribution is 2.50. The number of nitrogens with zero attached hydrogens (tertiary/aromatic N) is 4. The summed E-state index contributed by atoms with van der Waals surface area (Å²) < 4.78 is 28.3. The van der Waals surface area contributed by atoms with Crippen molar-refractivity contribution < 1.29 is 28.3 Å². The number of anilines is 2. The predicted octanol–water partition coefficient (Wildman–Crippen LogP) is 6.71. The van der Waals surface area contributed by atoms with Crippen LogP contribution in [0.1, 0.15) is 96.3 Å². The number of carbonyl (C=O) groups excluding carboxylic acids is 3. The number of carbonyl (C=O) groups is 3. The minimum Gasteiger partial charge on any atom is -0.508 e. The first-order valence-corrected chi connectivity index (χ1v) is 20.9. The summed E-state index contributed by atoms with van der Waals surface area (Å²) in [5, 5.41) is 12.6. The van der Waals surface area contributed by atoms with Crippen molar-refractivity contribution in [1.29, 1.82) is 0 Å². The number of aryl methyl sites for hydroxylation is 1. The molecule has 3 saturated heterocycles. The summed E-state index contributed by atoms with van der Waals surface area (Å²) in [7, 11) is 0. The number of piperazine rings is 1. The minimum atomic E-state index is -2.53. The quantitative estimate of drug-likeness (QED) is 0.258. The summed E-state index contributed by atoms with van der Waals surface area (Å²) in [6, 6.07) is 20.2. The van der Waals surface area contributed by atoms with Crippen molar-refractivity contribution in [3.05, 3.63) is 88.5 Å². The molecule has 0 radical (unpaired) electrons. The summed E-state index contributed by atoms with van der Waals surface area (Å²) in [4.78, 5) is 46.4. The number of alkyl halides is 2. The number of aromatic hydroxyl groups is 1. The van der Waals surface area contributed by atoms with Crippen molar-refractivity contribution >= 4 is 29.1 Å². The molecule has 3 amide bonds. The van der Waals surface area contributed by atoms with E-state index in [1.165, 1.54) is 22.4 Å². The second-order valence-corrected chi connectivity index (χ2v) is 17.3. The molecule has 9 rings (SSSR count). The van der Waals surface area contributed by atoms with Crippen LogP contribution in [0.25, 0.3) is 0 Å². The van der Waals surface area contributed by atoms with Gasteiger partial charge >= 0.3 is 0 Å². The summed E-state index contributed by atoms with van der Waals surface area (Å²) in [5.41, 5.74) is 7.62. The van der Waals surface area contributed by atoms with Crippen LogP contribution in [0.3, 0.4) is 0 Å². The highest BCUT2D eigenvalue weighted by Gasteiger charge is 2.43. The van der Waals surface area contributed by atoms with Gasteiger partial charge in [0, 0.05) is 94.5 Å². The number of phenolic OH excluding ortho intramolecular Hbond substituents is 1. The van der Waals surface area contributed by atoms with E-state index >= 15 is 0 Å². The molecule has 9 nitrogen and oxygen atoms in total. The zero-order valence-corrected chi connectivity index (χ0v) is 32.1. The molecule has 4 fully saturated rings. The van der Waals surface area contributed by atoms with E-state index < -0.39 is 12.0 Å². The Balaban J connectivity index is 0.776. The fraction of sp³-hybridized carbons (Fsp3) is 0.533. The van der Waals surface area contributed by atoms with Gasteiger partial charge in [0.2, 0.25) is 17.7 Å². The number of phenols is 1. The lowest BCUT2D eigenvalue weighted by Gasteiger charge is -2.42. The van der Waals surface area contributed by atoms with Crippen LogP contribution in [0.4, 0.5) is 20.2 Å². The van der Waals surface area contributed by atoms with Gasteiger partial charge in [-0.3, -0.25) is 24.6 Å². The molecule has 2 N–H and O–H groups in total. The molecule has 56 heavy (non-hydrogen) atoms. The molecule has 4 heterocycles. The smallest absolute Gasteiger partial charge is 0.255 e. The number of piperidine rings is 2. The van der Waals surface area contributed by atoms with Gasteiger partial charge in [0.05, 0.1) is 0 Å². The number of imide groups is 1. The summed E-state index contributed by atoms with van der Waals surface area (Å²) >= 11 is 0. The van der Waals surface area contributed by atoms with Crippen molar-refractivity contribution in [3.63, 3.8) is 0 Å². The maximum atomic E-state index is 14.1. The highest BCUT2D eigenvalue weighted by atomic mass is 19.3. The van der Waals surface area contributed by atoms with Crippen LogP contribution < -0.4 is 15.1 Å². The van der Waals surface area contributed by atoms with Crippen molar-refractivity contribution in [2.24, 2.45) is 17.8 Å². The van der Waals surface area contributed by atoms with E-state index in [1.54, 1.807) is 11.0 Å². The van der Waals surface area contributed by atoms with Crippen LogP contribution in [0, 0.1) is 17.8 Å². The minimum absolute atomic E-state index is 0.0102. The molecule has 0 bridgehead atoms. The lowest BCUT2D eigenvalue weighted by molar-refractivity contribution is -0.136. The number of rotatable bonds is 7. The second-order valence-electron chi connectivity index (χ2n) is 17.3. The number of hydrogen-bond donors (Lipinski definition) is 2. The first-order chi connectivity index (χ1) is 27.1. The van der Waals surface area contributed by atoms with E-state index in [0.29, 0.717) is 43.2 Å². The van der Waals surface area contributed by atoms with E-state index in [9.17, 15) is 28.3 Å². The number of amides is 3. The van der Waals surface area contributed by atoms with Gasteiger partial charge in [0.25, 0.3) is 5.91 Å². The Morgan fingerprint density at radius 3 is 2.18 bits per heavy atom. The average Bonchev–Trinajstić information content (AvgIpc) is 3.53. The SMILES string of the molecule is O=C1CCC(N2Cc3cc(N4CCN(CC5CCN(c6ccc(C7c8ccc(O)cc8CC[C@@H]7C7CCC(F)(F)CC7)cc6)CC5)CC4)ccc3C2=O)C(=O)N1.